The third-order valence-corrected chi connectivity index (χ3v) is 4.20. The number of ether oxygens (including phenoxy) is 2. The normalized spacial score (nSPS) is 14.2. The Morgan fingerprint density at radius 3 is 2.63 bits per heavy atom. The Morgan fingerprint density at radius 2 is 2.00 bits per heavy atom. The number of guanidine groups is 1. The second-order valence-electron chi connectivity index (χ2n) is 6.10. The van der Waals surface area contributed by atoms with Crippen molar-refractivity contribution in [2.45, 2.75) is 32.0 Å². The SMILES string of the molecule is CN=C(NCCN(CCOC)C1CC1)NCc1ccccc1OC(F)F.I. The molecule has 0 saturated heterocycles. The van der Waals surface area contributed by atoms with Crippen LogP contribution in [-0.2, 0) is 11.3 Å². The van der Waals surface area contributed by atoms with Crippen LogP contribution in [0.1, 0.15) is 18.4 Å². The number of nitrogens with one attached hydrogen (secondary N) is 2. The van der Waals surface area contributed by atoms with E-state index in [4.69, 9.17) is 4.74 Å². The number of halogens is 3. The number of para-hydroxylation sites is 1. The summed E-state index contributed by atoms with van der Waals surface area (Å²) >= 11 is 0. The van der Waals surface area contributed by atoms with Crippen LogP contribution in [0.3, 0.4) is 0 Å². The van der Waals surface area contributed by atoms with Gasteiger partial charge in [-0.2, -0.15) is 8.78 Å². The summed E-state index contributed by atoms with van der Waals surface area (Å²) in [6.07, 6.45) is 2.50. The number of hydrogen-bond donors (Lipinski definition) is 2. The molecule has 2 rings (SSSR count). The molecule has 9 heteroatoms. The highest BCUT2D eigenvalue weighted by Crippen LogP contribution is 2.26. The van der Waals surface area contributed by atoms with E-state index in [0.717, 1.165) is 26.2 Å². The number of rotatable bonds is 11. The zero-order chi connectivity index (χ0) is 18.8. The summed E-state index contributed by atoms with van der Waals surface area (Å²) in [5, 5.41) is 6.39. The predicted octanol–water partition coefficient (Wildman–Crippen LogP) is 2.68. The average molecular weight is 498 g/mol. The van der Waals surface area contributed by atoms with Gasteiger partial charge in [-0.1, -0.05) is 18.2 Å². The molecule has 0 amide bonds. The maximum absolute atomic E-state index is 12.5. The Kier molecular flexibility index (Phi) is 11.5. The first-order valence-electron chi connectivity index (χ1n) is 8.84. The summed E-state index contributed by atoms with van der Waals surface area (Å²) in [7, 11) is 3.39. The van der Waals surface area contributed by atoms with E-state index in [0.29, 0.717) is 24.1 Å². The maximum Gasteiger partial charge on any atom is 0.387 e. The van der Waals surface area contributed by atoms with Crippen molar-refractivity contribution in [1.82, 2.24) is 15.5 Å². The lowest BCUT2D eigenvalue weighted by molar-refractivity contribution is -0.0504. The molecule has 1 aromatic rings. The van der Waals surface area contributed by atoms with E-state index < -0.39 is 6.61 Å². The van der Waals surface area contributed by atoms with Gasteiger partial charge in [0.15, 0.2) is 5.96 Å². The van der Waals surface area contributed by atoms with Crippen LogP contribution >= 0.6 is 24.0 Å². The van der Waals surface area contributed by atoms with Gasteiger partial charge in [0.05, 0.1) is 6.61 Å². The third-order valence-electron chi connectivity index (χ3n) is 4.20. The number of methoxy groups -OCH3 is 1. The van der Waals surface area contributed by atoms with Crippen molar-refractivity contribution in [3.05, 3.63) is 29.8 Å². The lowest BCUT2D eigenvalue weighted by Crippen LogP contribution is -2.42. The molecule has 1 fully saturated rings. The molecule has 0 bridgehead atoms. The molecule has 0 aliphatic heterocycles. The van der Waals surface area contributed by atoms with Crippen LogP contribution in [0.25, 0.3) is 0 Å². The van der Waals surface area contributed by atoms with Gasteiger partial charge >= 0.3 is 6.61 Å². The van der Waals surface area contributed by atoms with Crippen molar-refractivity contribution in [3.63, 3.8) is 0 Å². The molecular formula is C18H29F2IN4O2. The van der Waals surface area contributed by atoms with Gasteiger partial charge < -0.3 is 20.1 Å². The molecule has 1 aliphatic rings. The topological polar surface area (TPSA) is 58.1 Å². The largest absolute Gasteiger partial charge is 0.434 e. The number of alkyl halides is 2. The Morgan fingerprint density at radius 1 is 1.26 bits per heavy atom. The fourth-order valence-corrected chi connectivity index (χ4v) is 2.70. The van der Waals surface area contributed by atoms with Gasteiger partial charge in [-0.3, -0.25) is 9.89 Å². The first kappa shape index (κ1) is 23.8. The van der Waals surface area contributed by atoms with Crippen molar-refractivity contribution in [2.75, 3.05) is 40.4 Å². The molecule has 0 atom stereocenters. The molecule has 154 valence electrons. The van der Waals surface area contributed by atoms with Crippen LogP contribution in [0.5, 0.6) is 5.75 Å². The minimum Gasteiger partial charge on any atom is -0.434 e. The quantitative estimate of drug-likeness (QED) is 0.279. The second kappa shape index (κ2) is 13.1. The summed E-state index contributed by atoms with van der Waals surface area (Å²) < 4.78 is 34.7. The fourth-order valence-electron chi connectivity index (χ4n) is 2.70. The molecule has 1 aliphatic carbocycles. The molecular weight excluding hydrogens is 469 g/mol. The molecule has 1 saturated carbocycles. The minimum atomic E-state index is -2.84. The van der Waals surface area contributed by atoms with Gasteiger partial charge in [-0.05, 0) is 18.9 Å². The highest BCUT2D eigenvalue weighted by Gasteiger charge is 2.28. The van der Waals surface area contributed by atoms with Crippen molar-refractivity contribution < 1.29 is 18.3 Å². The molecule has 0 radical (unpaired) electrons. The molecule has 0 aromatic heterocycles. The van der Waals surface area contributed by atoms with E-state index in [9.17, 15) is 8.78 Å². The monoisotopic (exact) mass is 498 g/mol. The van der Waals surface area contributed by atoms with Crippen molar-refractivity contribution in [2.24, 2.45) is 4.99 Å². The summed E-state index contributed by atoms with van der Waals surface area (Å²) in [6.45, 7) is 0.805. The molecule has 2 N–H and O–H groups in total. The van der Waals surface area contributed by atoms with E-state index >= 15 is 0 Å². The lowest BCUT2D eigenvalue weighted by Gasteiger charge is -2.22. The average Bonchev–Trinajstić information content (AvgIpc) is 3.46. The van der Waals surface area contributed by atoms with Gasteiger partial charge in [0.1, 0.15) is 5.75 Å². The summed E-state index contributed by atoms with van der Waals surface area (Å²) in [5.41, 5.74) is 0.649. The summed E-state index contributed by atoms with van der Waals surface area (Å²) in [4.78, 5) is 6.59. The summed E-state index contributed by atoms with van der Waals surface area (Å²) in [5.74, 6) is 0.796. The molecule has 1 aromatic carbocycles. The number of benzene rings is 1. The Hall–Kier alpha value is -1.20. The van der Waals surface area contributed by atoms with Gasteiger partial charge in [0.2, 0.25) is 0 Å². The van der Waals surface area contributed by atoms with E-state index in [2.05, 4.69) is 25.3 Å². The summed E-state index contributed by atoms with van der Waals surface area (Å²) in [6, 6.07) is 7.40. The second-order valence-corrected chi connectivity index (χ2v) is 6.10. The van der Waals surface area contributed by atoms with Crippen LogP contribution in [-0.4, -0.2) is 63.9 Å². The van der Waals surface area contributed by atoms with Crippen molar-refractivity contribution >= 4 is 29.9 Å². The van der Waals surface area contributed by atoms with E-state index in [1.54, 1.807) is 32.4 Å². The Bertz CT molecular complexity index is 574. The zero-order valence-electron chi connectivity index (χ0n) is 15.8. The maximum atomic E-state index is 12.5. The lowest BCUT2D eigenvalue weighted by atomic mass is 10.2. The number of hydrogen-bond acceptors (Lipinski definition) is 4. The van der Waals surface area contributed by atoms with Crippen LogP contribution in [0.4, 0.5) is 8.78 Å². The van der Waals surface area contributed by atoms with Crippen molar-refractivity contribution in [1.29, 1.82) is 0 Å². The van der Waals surface area contributed by atoms with Crippen LogP contribution < -0.4 is 15.4 Å². The van der Waals surface area contributed by atoms with E-state index in [1.807, 2.05) is 0 Å². The molecule has 0 spiro atoms. The van der Waals surface area contributed by atoms with Crippen molar-refractivity contribution in [3.8, 4) is 5.75 Å². The first-order valence-corrected chi connectivity index (χ1v) is 8.84. The highest BCUT2D eigenvalue weighted by molar-refractivity contribution is 14.0. The zero-order valence-corrected chi connectivity index (χ0v) is 18.1. The molecule has 0 unspecified atom stereocenters. The van der Waals surface area contributed by atoms with Gasteiger partial charge in [0, 0.05) is 51.9 Å². The molecule has 27 heavy (non-hydrogen) atoms. The Balaban J connectivity index is 0.00000364. The first-order chi connectivity index (χ1) is 12.6. The standard InChI is InChI=1S/C18H28F2N4O2.HI/c1-21-18(22-9-10-24(11-12-25-2)15-7-8-15)23-13-14-5-3-4-6-16(14)26-17(19)20;/h3-6,15,17H,7-13H2,1-2H3,(H2,21,22,23);1H. The fraction of sp³-hybridized carbons (Fsp3) is 0.611. The van der Waals surface area contributed by atoms with Gasteiger partial charge in [-0.15, -0.1) is 24.0 Å². The number of nitrogens with zero attached hydrogens (tertiary/aromatic N) is 2. The smallest absolute Gasteiger partial charge is 0.387 e. The van der Waals surface area contributed by atoms with E-state index in [-0.39, 0.29) is 29.7 Å². The Labute approximate surface area is 176 Å². The predicted molar refractivity (Wildman–Crippen MR) is 113 cm³/mol. The van der Waals surface area contributed by atoms with E-state index in [1.165, 1.54) is 18.9 Å². The van der Waals surface area contributed by atoms with Crippen LogP contribution in [0.15, 0.2) is 29.3 Å². The van der Waals surface area contributed by atoms with Gasteiger partial charge in [0.25, 0.3) is 0 Å². The van der Waals surface area contributed by atoms with Crippen LogP contribution in [0, 0.1) is 0 Å². The minimum absolute atomic E-state index is 0. The molecule has 0 heterocycles. The van der Waals surface area contributed by atoms with Gasteiger partial charge in [-0.25, -0.2) is 0 Å². The molecule has 6 nitrogen and oxygen atoms in total. The highest BCUT2D eigenvalue weighted by atomic mass is 127. The van der Waals surface area contributed by atoms with Crippen LogP contribution in [0.2, 0.25) is 0 Å². The number of aliphatic imine (C=N–C) groups is 1. The third kappa shape index (κ3) is 9.02.